The van der Waals surface area contributed by atoms with Gasteiger partial charge in [-0.1, -0.05) is 0 Å². The summed E-state index contributed by atoms with van der Waals surface area (Å²) in [4.78, 5) is 26.6. The second-order valence-corrected chi connectivity index (χ2v) is 9.22. The van der Waals surface area contributed by atoms with Crippen LogP contribution in [0.25, 0.3) is 11.2 Å². The first kappa shape index (κ1) is 27.9. The van der Waals surface area contributed by atoms with E-state index < -0.39 is 5.79 Å². The van der Waals surface area contributed by atoms with E-state index in [2.05, 4.69) is 33.7 Å². The molecule has 11 heteroatoms. The number of carbonyl (C=O) groups is 1. The molecule has 0 bridgehead atoms. The summed E-state index contributed by atoms with van der Waals surface area (Å²) in [6, 6.07) is 0.418. The van der Waals surface area contributed by atoms with E-state index in [1.165, 1.54) is 20.2 Å². The number of nitrogens with two attached hydrogens (primary N) is 1. The first-order valence-corrected chi connectivity index (χ1v) is 11.9. The van der Waals surface area contributed by atoms with Gasteiger partial charge in [0.15, 0.2) is 17.3 Å². The van der Waals surface area contributed by atoms with Gasteiger partial charge in [-0.05, 0) is 66.8 Å². The molecule has 1 aliphatic heterocycles. The van der Waals surface area contributed by atoms with E-state index in [1.54, 1.807) is 6.33 Å². The molecule has 0 saturated carbocycles. The van der Waals surface area contributed by atoms with E-state index in [1.807, 2.05) is 11.5 Å². The zero-order chi connectivity index (χ0) is 25.3. The molecule has 0 amide bonds. The lowest BCUT2D eigenvalue weighted by molar-refractivity contribution is -0.143. The van der Waals surface area contributed by atoms with Crippen molar-refractivity contribution in [3.8, 4) is 0 Å². The third kappa shape index (κ3) is 9.13. The summed E-state index contributed by atoms with van der Waals surface area (Å²) < 4.78 is 13.3. The van der Waals surface area contributed by atoms with E-state index in [9.17, 15) is 4.79 Å². The largest absolute Gasteiger partial charge is 0.466 e. The summed E-state index contributed by atoms with van der Waals surface area (Å²) in [7, 11) is 0. The van der Waals surface area contributed by atoms with Crippen LogP contribution in [0.15, 0.2) is 12.7 Å². The Balaban J connectivity index is 0.000000739. The highest BCUT2D eigenvalue weighted by Gasteiger charge is 2.30. The molecule has 0 aromatic carbocycles. The van der Waals surface area contributed by atoms with Crippen LogP contribution in [-0.2, 0) is 14.3 Å². The van der Waals surface area contributed by atoms with Crippen molar-refractivity contribution in [3.63, 3.8) is 0 Å². The second kappa shape index (κ2) is 12.9. The molecule has 0 radical (unpaired) electrons. The topological polar surface area (TPSA) is 149 Å². The predicted octanol–water partition coefficient (Wildman–Crippen LogP) is 2.24. The maximum absolute atomic E-state index is 11.5. The fourth-order valence-electron chi connectivity index (χ4n) is 3.75. The number of rotatable bonds is 10. The molecule has 1 saturated heterocycles. The van der Waals surface area contributed by atoms with Gasteiger partial charge in [0.25, 0.3) is 0 Å². The van der Waals surface area contributed by atoms with E-state index in [-0.39, 0.29) is 18.3 Å². The van der Waals surface area contributed by atoms with Gasteiger partial charge in [-0.15, -0.1) is 0 Å². The Hall–Kier alpha value is -2.34. The number of imidazole rings is 1. The number of nitrogen functional groups attached to an aromatic ring is 1. The number of anilines is 1. The minimum Gasteiger partial charge on any atom is -0.466 e. The zero-order valence-electron chi connectivity index (χ0n) is 21.0. The Morgan fingerprint density at radius 2 is 2.00 bits per heavy atom. The lowest BCUT2D eigenvalue weighted by Gasteiger charge is -2.29. The fraction of sp³-hybridized carbons (Fsp3) is 0.739. The van der Waals surface area contributed by atoms with Gasteiger partial charge in [0.1, 0.15) is 18.1 Å². The number of nitrogens with zero attached hydrogens (tertiary/aromatic N) is 5. The monoisotopic (exact) mass is 480 g/mol. The smallest absolute Gasteiger partial charge is 0.305 e. The molecule has 192 valence electrons. The van der Waals surface area contributed by atoms with Gasteiger partial charge < -0.3 is 25.4 Å². The summed E-state index contributed by atoms with van der Waals surface area (Å²) in [5.41, 5.74) is 7.21. The van der Waals surface area contributed by atoms with Crippen LogP contribution >= 0.6 is 0 Å². The standard InChI is InChI=1S/C20H32N6O3.C3H8O2/c1-4-28-17(27)7-5-6-10-25(14(2)3)11-15-8-9-16(29-15)26-13-24-18-19(21)22-12-23-20(18)26;1-3(2,4)5/h12-16H,4-11H2,1-3H3,(H2,21,22,23);4-5H,1-2H3. The van der Waals surface area contributed by atoms with Gasteiger partial charge in [0.05, 0.1) is 19.0 Å². The van der Waals surface area contributed by atoms with Crippen molar-refractivity contribution in [1.82, 2.24) is 24.4 Å². The highest BCUT2D eigenvalue weighted by molar-refractivity contribution is 5.81. The van der Waals surface area contributed by atoms with Gasteiger partial charge in [-0.25, -0.2) is 15.0 Å². The molecular formula is C23H40N6O5. The number of hydrogen-bond donors (Lipinski definition) is 3. The molecule has 11 nitrogen and oxygen atoms in total. The van der Waals surface area contributed by atoms with Crippen LogP contribution in [0.3, 0.4) is 0 Å². The van der Waals surface area contributed by atoms with Crippen LogP contribution in [0.1, 0.15) is 73.0 Å². The Labute approximate surface area is 201 Å². The SMILES string of the molecule is CC(C)(O)O.CCOC(=O)CCCCN(CC1CCC(n2cnc3c(N)ncnc32)O1)C(C)C. The molecular weight excluding hydrogens is 440 g/mol. The lowest BCUT2D eigenvalue weighted by Crippen LogP contribution is -2.38. The first-order chi connectivity index (χ1) is 16.0. The predicted molar refractivity (Wildman–Crippen MR) is 129 cm³/mol. The van der Waals surface area contributed by atoms with Gasteiger partial charge in [0, 0.05) is 19.0 Å². The van der Waals surface area contributed by atoms with Crippen molar-refractivity contribution in [2.45, 2.75) is 90.9 Å². The third-order valence-corrected chi connectivity index (χ3v) is 5.33. The van der Waals surface area contributed by atoms with Crippen molar-refractivity contribution in [2.24, 2.45) is 0 Å². The average molecular weight is 481 g/mol. The molecule has 0 aliphatic carbocycles. The van der Waals surface area contributed by atoms with E-state index >= 15 is 0 Å². The Kier molecular flexibility index (Phi) is 10.6. The van der Waals surface area contributed by atoms with Crippen LogP contribution in [0.5, 0.6) is 0 Å². The van der Waals surface area contributed by atoms with Crippen LogP contribution in [0.2, 0.25) is 0 Å². The van der Waals surface area contributed by atoms with Gasteiger partial charge in [-0.2, -0.15) is 0 Å². The molecule has 2 aromatic rings. The number of ether oxygens (including phenoxy) is 2. The third-order valence-electron chi connectivity index (χ3n) is 5.33. The van der Waals surface area contributed by atoms with Gasteiger partial charge in [0.2, 0.25) is 0 Å². The number of unbranched alkanes of at least 4 members (excludes halogenated alkanes) is 1. The van der Waals surface area contributed by atoms with Crippen molar-refractivity contribution >= 4 is 23.0 Å². The van der Waals surface area contributed by atoms with Crippen LogP contribution < -0.4 is 5.73 Å². The summed E-state index contributed by atoms with van der Waals surface area (Å²) in [5.74, 6) is -1.22. The van der Waals surface area contributed by atoms with Gasteiger partial charge >= 0.3 is 5.97 Å². The normalized spacial score (nSPS) is 18.4. The number of fused-ring (bicyclic) bond motifs is 1. The Morgan fingerprint density at radius 1 is 1.29 bits per heavy atom. The summed E-state index contributed by atoms with van der Waals surface area (Å²) >= 11 is 0. The number of aromatic nitrogens is 4. The summed E-state index contributed by atoms with van der Waals surface area (Å²) in [6.45, 7) is 11.1. The van der Waals surface area contributed by atoms with Crippen LogP contribution in [0.4, 0.5) is 5.82 Å². The van der Waals surface area contributed by atoms with Crippen molar-refractivity contribution in [3.05, 3.63) is 12.7 Å². The first-order valence-electron chi connectivity index (χ1n) is 11.9. The Morgan fingerprint density at radius 3 is 2.65 bits per heavy atom. The maximum Gasteiger partial charge on any atom is 0.305 e. The zero-order valence-corrected chi connectivity index (χ0v) is 21.0. The quantitative estimate of drug-likeness (QED) is 0.262. The molecule has 0 spiro atoms. The number of esters is 1. The minimum absolute atomic E-state index is 0.0860. The van der Waals surface area contributed by atoms with E-state index in [0.717, 1.165) is 38.8 Å². The van der Waals surface area contributed by atoms with Crippen LogP contribution in [0, 0.1) is 0 Å². The number of aliphatic hydroxyl groups is 2. The van der Waals surface area contributed by atoms with Crippen LogP contribution in [-0.4, -0.2) is 78.2 Å². The van der Waals surface area contributed by atoms with Crippen molar-refractivity contribution < 1.29 is 24.5 Å². The maximum atomic E-state index is 11.5. The molecule has 1 aliphatic rings. The molecule has 3 rings (SSSR count). The average Bonchev–Trinajstić information content (AvgIpc) is 3.36. The minimum atomic E-state index is -1.50. The molecule has 2 atom stereocenters. The van der Waals surface area contributed by atoms with Crippen molar-refractivity contribution in [2.75, 3.05) is 25.4 Å². The Bertz CT molecular complexity index is 892. The van der Waals surface area contributed by atoms with Gasteiger partial charge in [-0.3, -0.25) is 14.3 Å². The molecule has 3 heterocycles. The highest BCUT2D eigenvalue weighted by Crippen LogP contribution is 2.31. The summed E-state index contributed by atoms with van der Waals surface area (Å²) in [6.07, 6.45) is 7.46. The van der Waals surface area contributed by atoms with E-state index in [0.29, 0.717) is 36.1 Å². The highest BCUT2D eigenvalue weighted by atomic mass is 16.5. The fourth-order valence-corrected chi connectivity index (χ4v) is 3.75. The number of carbonyl (C=O) groups excluding carboxylic acids is 1. The number of hydrogen-bond acceptors (Lipinski definition) is 10. The second-order valence-electron chi connectivity index (χ2n) is 9.22. The molecule has 1 fully saturated rings. The molecule has 2 unspecified atom stereocenters. The molecule has 2 aromatic heterocycles. The summed E-state index contributed by atoms with van der Waals surface area (Å²) in [5, 5.41) is 16.2. The lowest BCUT2D eigenvalue weighted by atomic mass is 10.1. The molecule has 4 N–H and O–H groups in total. The van der Waals surface area contributed by atoms with E-state index in [4.69, 9.17) is 25.4 Å². The van der Waals surface area contributed by atoms with Crippen molar-refractivity contribution in [1.29, 1.82) is 0 Å². The molecule has 34 heavy (non-hydrogen) atoms.